The number of hydrogen-bond acceptors (Lipinski definition) is 5. The third kappa shape index (κ3) is 3.71. The van der Waals surface area contributed by atoms with Crippen molar-refractivity contribution in [2.24, 2.45) is 5.73 Å². The Kier molecular flexibility index (Phi) is 5.41. The van der Waals surface area contributed by atoms with Crippen molar-refractivity contribution < 1.29 is 0 Å². The molecule has 0 aliphatic heterocycles. The minimum absolute atomic E-state index is 0.0550. The van der Waals surface area contributed by atoms with E-state index in [4.69, 9.17) is 22.3 Å². The molecular formula is C20H18ClN3OS2. The van der Waals surface area contributed by atoms with Gasteiger partial charge in [-0.3, -0.25) is 9.36 Å². The number of hydrogen-bond donors (Lipinski definition) is 1. The van der Waals surface area contributed by atoms with Gasteiger partial charge in [0.1, 0.15) is 0 Å². The monoisotopic (exact) mass is 415 g/mol. The van der Waals surface area contributed by atoms with Gasteiger partial charge in [0.05, 0.1) is 15.8 Å². The molecule has 0 aliphatic carbocycles. The molecule has 0 saturated carbocycles. The first kappa shape index (κ1) is 18.4. The van der Waals surface area contributed by atoms with Crippen LogP contribution in [0, 0.1) is 0 Å². The third-order valence-corrected chi connectivity index (χ3v) is 6.72. The van der Waals surface area contributed by atoms with Crippen LogP contribution in [0.5, 0.6) is 0 Å². The predicted octanol–water partition coefficient (Wildman–Crippen LogP) is 5.25. The molecule has 1 aromatic carbocycles. The van der Waals surface area contributed by atoms with Gasteiger partial charge in [-0.15, -0.1) is 22.7 Å². The molecule has 0 atom stereocenters. The molecule has 3 aromatic heterocycles. The quantitative estimate of drug-likeness (QED) is 0.437. The molecular weight excluding hydrogens is 398 g/mol. The van der Waals surface area contributed by atoms with Crippen molar-refractivity contribution in [3.63, 3.8) is 0 Å². The number of halogens is 1. The maximum absolute atomic E-state index is 13.1. The van der Waals surface area contributed by atoms with Crippen molar-refractivity contribution in [3.8, 4) is 20.5 Å². The summed E-state index contributed by atoms with van der Waals surface area (Å²) in [6.45, 7) is 1.20. The van der Waals surface area contributed by atoms with Crippen LogP contribution >= 0.6 is 34.3 Å². The number of unbranched alkanes of at least 4 members (excludes halogenated alkanes) is 1. The third-order valence-electron chi connectivity index (χ3n) is 4.34. The molecule has 0 saturated heterocycles. The number of benzene rings is 1. The molecule has 138 valence electrons. The fraction of sp³-hybridized carbons (Fsp3) is 0.200. The van der Waals surface area contributed by atoms with Crippen molar-refractivity contribution in [2.45, 2.75) is 19.4 Å². The minimum Gasteiger partial charge on any atom is -0.330 e. The highest BCUT2D eigenvalue weighted by atomic mass is 35.5. The molecule has 7 heteroatoms. The van der Waals surface area contributed by atoms with Gasteiger partial charge in [0.2, 0.25) is 0 Å². The van der Waals surface area contributed by atoms with Gasteiger partial charge in [0, 0.05) is 21.3 Å². The molecule has 0 unspecified atom stereocenters. The Balaban J connectivity index is 1.86. The lowest BCUT2D eigenvalue weighted by Crippen LogP contribution is -2.23. The van der Waals surface area contributed by atoms with Gasteiger partial charge in [-0.2, -0.15) is 0 Å². The maximum atomic E-state index is 13.1. The van der Waals surface area contributed by atoms with Crippen LogP contribution in [0.15, 0.2) is 52.6 Å². The molecule has 0 spiro atoms. The van der Waals surface area contributed by atoms with E-state index in [9.17, 15) is 4.79 Å². The summed E-state index contributed by atoms with van der Waals surface area (Å²) < 4.78 is 1.76. The summed E-state index contributed by atoms with van der Waals surface area (Å²) in [7, 11) is 0. The zero-order valence-corrected chi connectivity index (χ0v) is 16.9. The van der Waals surface area contributed by atoms with E-state index in [-0.39, 0.29) is 5.56 Å². The number of nitrogens with zero attached hydrogens (tertiary/aromatic N) is 2. The number of rotatable bonds is 6. The first-order valence-electron chi connectivity index (χ1n) is 8.71. The minimum atomic E-state index is -0.0550. The van der Waals surface area contributed by atoms with E-state index in [1.165, 1.54) is 9.75 Å². The molecule has 2 N–H and O–H groups in total. The van der Waals surface area contributed by atoms with Crippen molar-refractivity contribution in [1.29, 1.82) is 0 Å². The number of aromatic nitrogens is 2. The molecule has 0 radical (unpaired) electrons. The van der Waals surface area contributed by atoms with Crippen LogP contribution in [0.1, 0.15) is 12.8 Å². The average molecular weight is 416 g/mol. The Morgan fingerprint density at radius 3 is 2.70 bits per heavy atom. The van der Waals surface area contributed by atoms with E-state index in [0.717, 1.165) is 17.7 Å². The van der Waals surface area contributed by atoms with Crippen LogP contribution in [0.25, 0.3) is 31.4 Å². The van der Waals surface area contributed by atoms with Gasteiger partial charge in [-0.1, -0.05) is 17.7 Å². The molecule has 4 aromatic rings. The fourth-order valence-electron chi connectivity index (χ4n) is 3.01. The maximum Gasteiger partial charge on any atom is 0.261 e. The first-order valence-corrected chi connectivity index (χ1v) is 10.8. The molecule has 27 heavy (non-hydrogen) atoms. The topological polar surface area (TPSA) is 60.9 Å². The fourth-order valence-corrected chi connectivity index (χ4v) is 5.02. The summed E-state index contributed by atoms with van der Waals surface area (Å²) >= 11 is 9.46. The van der Waals surface area contributed by atoms with Gasteiger partial charge < -0.3 is 5.73 Å². The van der Waals surface area contributed by atoms with Crippen molar-refractivity contribution in [1.82, 2.24) is 9.55 Å². The highest BCUT2D eigenvalue weighted by molar-refractivity contribution is 7.23. The van der Waals surface area contributed by atoms with Crippen molar-refractivity contribution in [2.75, 3.05) is 6.54 Å². The van der Waals surface area contributed by atoms with Gasteiger partial charge in [0.25, 0.3) is 5.56 Å². The second kappa shape index (κ2) is 7.94. The van der Waals surface area contributed by atoms with Crippen LogP contribution < -0.4 is 11.3 Å². The SMILES string of the molecule is NCCCCn1c(-c2ccc(-c3cccs3)s2)nc2ccc(Cl)cc2c1=O. The zero-order chi connectivity index (χ0) is 18.8. The Hall–Kier alpha value is -1.99. The van der Waals surface area contributed by atoms with Gasteiger partial charge >= 0.3 is 0 Å². The van der Waals surface area contributed by atoms with Gasteiger partial charge in [-0.05, 0) is 61.2 Å². The lowest BCUT2D eigenvalue weighted by molar-refractivity contribution is 0.601. The summed E-state index contributed by atoms with van der Waals surface area (Å²) in [5, 5.41) is 3.16. The first-order chi connectivity index (χ1) is 13.2. The van der Waals surface area contributed by atoms with E-state index in [1.807, 2.05) is 12.1 Å². The molecule has 0 bridgehead atoms. The van der Waals surface area contributed by atoms with E-state index in [2.05, 4.69) is 17.5 Å². The van der Waals surface area contributed by atoms with E-state index in [1.54, 1.807) is 45.4 Å². The van der Waals surface area contributed by atoms with E-state index < -0.39 is 0 Å². The Morgan fingerprint density at radius 1 is 1.07 bits per heavy atom. The van der Waals surface area contributed by atoms with Crippen LogP contribution in [0.2, 0.25) is 5.02 Å². The number of fused-ring (bicyclic) bond motifs is 1. The summed E-state index contributed by atoms with van der Waals surface area (Å²) in [6, 6.07) is 13.5. The Bertz CT molecular complexity index is 1130. The molecule has 0 amide bonds. The lowest BCUT2D eigenvalue weighted by atomic mass is 10.2. The van der Waals surface area contributed by atoms with Crippen LogP contribution in [-0.2, 0) is 6.54 Å². The normalized spacial score (nSPS) is 11.3. The summed E-state index contributed by atoms with van der Waals surface area (Å²) in [5.41, 5.74) is 6.24. The van der Waals surface area contributed by atoms with Crippen LogP contribution in [0.3, 0.4) is 0 Å². The molecule has 0 fully saturated rings. The van der Waals surface area contributed by atoms with Gasteiger partial charge in [-0.25, -0.2) is 4.98 Å². The Labute approximate surface area is 169 Å². The second-order valence-electron chi connectivity index (χ2n) is 6.19. The van der Waals surface area contributed by atoms with E-state index in [0.29, 0.717) is 34.8 Å². The number of nitrogens with two attached hydrogens (primary N) is 1. The highest BCUT2D eigenvalue weighted by Gasteiger charge is 2.15. The predicted molar refractivity (Wildman–Crippen MR) is 116 cm³/mol. The lowest BCUT2D eigenvalue weighted by Gasteiger charge is -2.12. The standard InChI is InChI=1S/C20H18ClN3OS2/c21-13-5-6-15-14(12-13)20(25)24(10-2-1-9-22)19(23-15)18-8-7-17(27-18)16-4-3-11-26-16/h3-8,11-12H,1-2,9-10,22H2. The average Bonchev–Trinajstić information content (AvgIpc) is 3.35. The summed E-state index contributed by atoms with van der Waals surface area (Å²) in [4.78, 5) is 21.3. The summed E-state index contributed by atoms with van der Waals surface area (Å²) in [5.74, 6) is 0.708. The molecule has 4 nitrogen and oxygen atoms in total. The second-order valence-corrected chi connectivity index (χ2v) is 8.66. The number of thiophene rings is 2. The van der Waals surface area contributed by atoms with E-state index >= 15 is 0 Å². The largest absolute Gasteiger partial charge is 0.330 e. The van der Waals surface area contributed by atoms with Crippen LogP contribution in [0.4, 0.5) is 0 Å². The van der Waals surface area contributed by atoms with Crippen molar-refractivity contribution >= 4 is 45.2 Å². The Morgan fingerprint density at radius 2 is 1.93 bits per heavy atom. The van der Waals surface area contributed by atoms with Gasteiger partial charge in [0.15, 0.2) is 5.82 Å². The molecule has 3 heterocycles. The summed E-state index contributed by atoms with van der Waals surface area (Å²) in [6.07, 6.45) is 1.70. The smallest absolute Gasteiger partial charge is 0.261 e. The molecule has 4 rings (SSSR count). The molecule has 0 aliphatic rings. The highest BCUT2D eigenvalue weighted by Crippen LogP contribution is 2.36. The van der Waals surface area contributed by atoms with Crippen LogP contribution in [-0.4, -0.2) is 16.1 Å². The van der Waals surface area contributed by atoms with Crippen molar-refractivity contribution in [3.05, 3.63) is 63.2 Å². The zero-order valence-electron chi connectivity index (χ0n) is 14.5.